The minimum absolute atomic E-state index is 0.122. The summed E-state index contributed by atoms with van der Waals surface area (Å²) in [5.74, 6) is -0.499. The highest BCUT2D eigenvalue weighted by Crippen LogP contribution is 2.56. The van der Waals surface area contributed by atoms with E-state index in [9.17, 15) is 14.4 Å². The van der Waals surface area contributed by atoms with Crippen LogP contribution in [0.5, 0.6) is 0 Å². The number of amides is 2. The van der Waals surface area contributed by atoms with E-state index in [1.54, 1.807) is 11.1 Å². The van der Waals surface area contributed by atoms with Gasteiger partial charge in [0.2, 0.25) is 11.8 Å². The molecule has 1 fully saturated rings. The van der Waals surface area contributed by atoms with Gasteiger partial charge in [-0.05, 0) is 40.8 Å². The van der Waals surface area contributed by atoms with E-state index in [1.807, 2.05) is 72.8 Å². The molecule has 0 spiro atoms. The van der Waals surface area contributed by atoms with E-state index in [4.69, 9.17) is 4.74 Å². The first-order chi connectivity index (χ1) is 17.9. The van der Waals surface area contributed by atoms with Gasteiger partial charge in [0.25, 0.3) is 0 Å². The largest absolute Gasteiger partial charge is 0.445 e. The third-order valence-corrected chi connectivity index (χ3v) is 7.25. The Morgan fingerprint density at radius 2 is 1.76 bits per heavy atom. The summed E-state index contributed by atoms with van der Waals surface area (Å²) in [5, 5.41) is 8.00. The van der Waals surface area contributed by atoms with Crippen LogP contribution in [0.2, 0.25) is 0 Å². The molecule has 186 valence electrons. The van der Waals surface area contributed by atoms with Crippen LogP contribution in [-0.4, -0.2) is 38.1 Å². The molecule has 6 rings (SSSR count). The normalized spacial score (nSPS) is 20.1. The number of nitrogens with one attached hydrogen (secondary N) is 1. The van der Waals surface area contributed by atoms with Crippen molar-refractivity contribution in [1.29, 1.82) is 0 Å². The van der Waals surface area contributed by atoms with Gasteiger partial charge in [0.1, 0.15) is 12.1 Å². The van der Waals surface area contributed by atoms with Crippen molar-refractivity contribution >= 4 is 28.8 Å². The molecule has 2 amide bonds. The van der Waals surface area contributed by atoms with Gasteiger partial charge >= 0.3 is 6.09 Å². The van der Waals surface area contributed by atoms with E-state index >= 15 is 0 Å². The molecule has 1 aliphatic carbocycles. The molecule has 37 heavy (non-hydrogen) atoms. The van der Waals surface area contributed by atoms with E-state index < -0.39 is 11.6 Å². The van der Waals surface area contributed by atoms with Crippen molar-refractivity contribution in [3.05, 3.63) is 101 Å². The Morgan fingerprint density at radius 3 is 2.46 bits per heavy atom. The molecule has 2 atom stereocenters. The van der Waals surface area contributed by atoms with Crippen molar-refractivity contribution in [1.82, 2.24) is 20.0 Å². The second kappa shape index (κ2) is 8.89. The highest BCUT2D eigenvalue weighted by atomic mass is 16.5. The third-order valence-electron chi connectivity index (χ3n) is 7.25. The second-order valence-corrected chi connectivity index (χ2v) is 9.75. The van der Waals surface area contributed by atoms with Gasteiger partial charge in [-0.2, -0.15) is 5.10 Å². The topological polar surface area (TPSA) is 93.5 Å². The van der Waals surface area contributed by atoms with Crippen molar-refractivity contribution in [2.45, 2.75) is 44.5 Å². The van der Waals surface area contributed by atoms with Crippen LogP contribution in [-0.2, 0) is 29.2 Å². The maximum absolute atomic E-state index is 14.0. The van der Waals surface area contributed by atoms with E-state index in [2.05, 4.69) is 10.4 Å². The maximum atomic E-state index is 14.0. The predicted octanol–water partition coefficient (Wildman–Crippen LogP) is 4.39. The van der Waals surface area contributed by atoms with Crippen molar-refractivity contribution in [2.75, 3.05) is 0 Å². The van der Waals surface area contributed by atoms with Crippen LogP contribution in [0.25, 0.3) is 10.9 Å². The Labute approximate surface area is 213 Å². The summed E-state index contributed by atoms with van der Waals surface area (Å²) in [7, 11) is 0. The van der Waals surface area contributed by atoms with Crippen molar-refractivity contribution < 1.29 is 19.1 Å². The number of carbonyl (C=O) groups is 3. The molecule has 1 saturated carbocycles. The van der Waals surface area contributed by atoms with Gasteiger partial charge in [-0.25, -0.2) is 9.48 Å². The molecule has 8 nitrogen and oxygen atoms in total. The van der Waals surface area contributed by atoms with Crippen LogP contribution in [0, 0.1) is 0 Å². The molecule has 2 aliphatic rings. The maximum Gasteiger partial charge on any atom is 0.408 e. The molecule has 1 aliphatic heterocycles. The minimum Gasteiger partial charge on any atom is -0.445 e. The number of nitrogens with zero attached hydrogens (tertiary/aromatic N) is 3. The zero-order valence-electron chi connectivity index (χ0n) is 20.4. The van der Waals surface area contributed by atoms with Gasteiger partial charge < -0.3 is 15.0 Å². The first-order valence-corrected chi connectivity index (χ1v) is 12.3. The number of aromatic nitrogens is 2. The Balaban J connectivity index is 1.34. The van der Waals surface area contributed by atoms with Gasteiger partial charge in [0.05, 0.1) is 11.7 Å². The highest BCUT2D eigenvalue weighted by Gasteiger charge is 2.65. The summed E-state index contributed by atoms with van der Waals surface area (Å²) in [6.45, 7) is 2.36. The van der Waals surface area contributed by atoms with Gasteiger partial charge in [-0.1, -0.05) is 60.7 Å². The quantitative estimate of drug-likeness (QED) is 0.444. The third kappa shape index (κ3) is 4.14. The van der Waals surface area contributed by atoms with Crippen LogP contribution >= 0.6 is 0 Å². The lowest BCUT2D eigenvalue weighted by Crippen LogP contribution is -2.50. The van der Waals surface area contributed by atoms with Crippen LogP contribution in [0.4, 0.5) is 4.79 Å². The molecule has 0 unspecified atom stereocenters. The molecule has 8 heteroatoms. The average molecular weight is 495 g/mol. The van der Waals surface area contributed by atoms with E-state index in [-0.39, 0.29) is 24.3 Å². The fourth-order valence-electron chi connectivity index (χ4n) is 5.35. The van der Waals surface area contributed by atoms with Crippen LogP contribution < -0.4 is 5.32 Å². The lowest BCUT2D eigenvalue weighted by Gasteiger charge is -2.27. The number of benzene rings is 3. The van der Waals surface area contributed by atoms with E-state index in [0.29, 0.717) is 25.0 Å². The molecule has 4 aromatic rings. The summed E-state index contributed by atoms with van der Waals surface area (Å²) in [5.41, 5.74) is 3.44. The fourth-order valence-corrected chi connectivity index (χ4v) is 5.35. The SMILES string of the molecule is CC(=O)n1ncc2cc3c(cc21)CN(Cc1ccccc1)C(=O)[C@]1(NC(=O)OCc2ccccc2)C[C@H]31. The molecule has 2 heterocycles. The molecule has 0 radical (unpaired) electrons. The first kappa shape index (κ1) is 23.0. The van der Waals surface area contributed by atoms with Crippen LogP contribution in [0.1, 0.15) is 46.3 Å². The summed E-state index contributed by atoms with van der Waals surface area (Å²) in [6, 6.07) is 23.2. The second-order valence-electron chi connectivity index (χ2n) is 9.75. The summed E-state index contributed by atoms with van der Waals surface area (Å²) < 4.78 is 6.86. The zero-order chi connectivity index (χ0) is 25.6. The van der Waals surface area contributed by atoms with Crippen LogP contribution in [0.3, 0.4) is 0 Å². The van der Waals surface area contributed by atoms with Crippen LogP contribution in [0.15, 0.2) is 79.0 Å². The minimum atomic E-state index is -1.07. The smallest absolute Gasteiger partial charge is 0.408 e. The Bertz CT molecular complexity index is 1520. The number of alkyl carbamates (subject to hydrolysis) is 1. The lowest BCUT2D eigenvalue weighted by molar-refractivity contribution is -0.135. The van der Waals surface area contributed by atoms with Crippen molar-refractivity contribution in [2.24, 2.45) is 0 Å². The number of ether oxygens (including phenoxy) is 1. The first-order valence-electron chi connectivity index (χ1n) is 12.3. The van der Waals surface area contributed by atoms with E-state index in [1.165, 1.54) is 11.6 Å². The van der Waals surface area contributed by atoms with Crippen molar-refractivity contribution in [3.8, 4) is 0 Å². The molecule has 3 aromatic carbocycles. The molecule has 1 aromatic heterocycles. The highest BCUT2D eigenvalue weighted by molar-refractivity contribution is 5.97. The number of rotatable bonds is 5. The van der Waals surface area contributed by atoms with E-state index in [0.717, 1.165) is 27.6 Å². The molecular weight excluding hydrogens is 468 g/mol. The summed E-state index contributed by atoms with van der Waals surface area (Å²) >= 11 is 0. The Morgan fingerprint density at radius 1 is 1.05 bits per heavy atom. The number of fused-ring (bicyclic) bond motifs is 4. The average Bonchev–Trinajstić information content (AvgIpc) is 3.48. The van der Waals surface area contributed by atoms with Gasteiger partial charge in [0, 0.05) is 31.3 Å². The molecule has 1 N–H and O–H groups in total. The summed E-state index contributed by atoms with van der Waals surface area (Å²) in [6.07, 6.45) is 1.53. The number of hydrogen-bond donors (Lipinski definition) is 1. The molecule has 0 saturated heterocycles. The van der Waals surface area contributed by atoms with Crippen molar-refractivity contribution in [3.63, 3.8) is 0 Å². The van der Waals surface area contributed by atoms with Gasteiger partial charge in [-0.3, -0.25) is 9.59 Å². The Hall–Kier alpha value is -4.46. The number of carbonyl (C=O) groups excluding carboxylic acids is 3. The summed E-state index contributed by atoms with van der Waals surface area (Å²) in [4.78, 5) is 40.7. The lowest BCUT2D eigenvalue weighted by atomic mass is 9.99. The standard InChI is InChI=1S/C29H26N4O4/c1-19(34)33-26-13-23-17-32(16-20-8-4-2-5-9-20)27(35)29(14-25(29)24(23)12-22(26)15-30-33)31-28(36)37-18-21-10-6-3-7-11-21/h2-13,15,25H,14,16-18H2,1H3,(H,31,36)/t25-,29+/m1/s1. The monoisotopic (exact) mass is 494 g/mol. The predicted molar refractivity (Wildman–Crippen MR) is 137 cm³/mol. The Kier molecular flexibility index (Phi) is 5.52. The fraction of sp³-hybridized carbons (Fsp3) is 0.241. The van der Waals surface area contributed by atoms with Gasteiger partial charge in [-0.15, -0.1) is 0 Å². The number of hydrogen-bond acceptors (Lipinski definition) is 5. The molecule has 0 bridgehead atoms. The zero-order valence-corrected chi connectivity index (χ0v) is 20.4. The molecular formula is C29H26N4O4. The van der Waals surface area contributed by atoms with Gasteiger partial charge in [0.15, 0.2) is 0 Å².